The van der Waals surface area contributed by atoms with Crippen LogP contribution in [0, 0.1) is 0 Å². The summed E-state index contributed by atoms with van der Waals surface area (Å²) in [4.78, 5) is 31.1. The number of carbonyl (C=O) groups is 2. The number of rotatable bonds is 11. The molecule has 4 nitrogen and oxygen atoms in total. The molecule has 2 heterocycles. The summed E-state index contributed by atoms with van der Waals surface area (Å²) in [6.07, 6.45) is 9.91. The minimum absolute atomic E-state index is 0.287. The van der Waals surface area contributed by atoms with E-state index in [-0.39, 0.29) is 11.6 Å². The Morgan fingerprint density at radius 3 is 1.50 bits per heavy atom. The Hall–Kier alpha value is -3.14. The van der Waals surface area contributed by atoms with E-state index in [0.29, 0.717) is 25.7 Å². The van der Waals surface area contributed by atoms with Crippen molar-refractivity contribution in [1.82, 2.24) is 9.97 Å². The van der Waals surface area contributed by atoms with Crippen molar-refractivity contribution < 1.29 is 9.59 Å². The number of fused-ring (bicyclic) bond motifs is 2. The highest BCUT2D eigenvalue weighted by Gasteiger charge is 2.10. The summed E-state index contributed by atoms with van der Waals surface area (Å²) in [6, 6.07) is 16.2. The van der Waals surface area contributed by atoms with Crippen molar-refractivity contribution in [2.75, 3.05) is 0 Å². The number of carbonyl (C=O) groups excluding carboxylic acids is 2. The standard InChI is InChI=1S/C26H28N2O2/c29-21(15-19-17-27-25-13-7-5-11-23(19)25)9-3-1-2-4-10-22(30)16-20-18-28-26-14-8-6-12-24(20)26/h5-8,11-14,17-18,27-28H,1-4,9-10,15-16H2. The van der Waals surface area contributed by atoms with Crippen LogP contribution < -0.4 is 0 Å². The molecule has 0 saturated heterocycles. The van der Waals surface area contributed by atoms with Gasteiger partial charge in [0.25, 0.3) is 0 Å². The first kappa shape index (κ1) is 20.1. The average Bonchev–Trinajstić information content (AvgIpc) is 3.35. The van der Waals surface area contributed by atoms with E-state index in [1.807, 2.05) is 48.8 Å². The van der Waals surface area contributed by atoms with Crippen molar-refractivity contribution >= 4 is 33.4 Å². The van der Waals surface area contributed by atoms with Gasteiger partial charge in [-0.05, 0) is 36.1 Å². The molecule has 4 aromatic rings. The van der Waals surface area contributed by atoms with Crippen LogP contribution in [-0.4, -0.2) is 21.5 Å². The predicted octanol–water partition coefficient (Wildman–Crippen LogP) is 5.91. The molecule has 0 bridgehead atoms. The van der Waals surface area contributed by atoms with E-state index in [1.54, 1.807) is 0 Å². The summed E-state index contributed by atoms with van der Waals surface area (Å²) in [5.74, 6) is 0.574. The van der Waals surface area contributed by atoms with Crippen molar-refractivity contribution in [3.8, 4) is 0 Å². The van der Waals surface area contributed by atoms with Crippen LogP contribution in [0.3, 0.4) is 0 Å². The second-order valence-corrected chi connectivity index (χ2v) is 8.06. The largest absolute Gasteiger partial charge is 0.361 e. The van der Waals surface area contributed by atoms with Crippen molar-refractivity contribution in [2.24, 2.45) is 0 Å². The number of hydrogen-bond donors (Lipinski definition) is 2. The Morgan fingerprint density at radius 2 is 1.03 bits per heavy atom. The van der Waals surface area contributed by atoms with E-state index in [2.05, 4.69) is 22.1 Å². The van der Waals surface area contributed by atoms with Gasteiger partial charge in [0.15, 0.2) is 0 Å². The van der Waals surface area contributed by atoms with Crippen molar-refractivity contribution in [2.45, 2.75) is 51.4 Å². The van der Waals surface area contributed by atoms with Crippen LogP contribution in [0.4, 0.5) is 0 Å². The highest BCUT2D eigenvalue weighted by molar-refractivity contribution is 5.90. The van der Waals surface area contributed by atoms with Crippen LogP contribution in [0.15, 0.2) is 60.9 Å². The first-order valence-electron chi connectivity index (χ1n) is 10.8. The fraction of sp³-hybridized carbons (Fsp3) is 0.308. The summed E-state index contributed by atoms with van der Waals surface area (Å²) in [6.45, 7) is 0. The highest BCUT2D eigenvalue weighted by Crippen LogP contribution is 2.20. The first-order chi connectivity index (χ1) is 14.7. The molecule has 0 fully saturated rings. The zero-order chi connectivity index (χ0) is 20.8. The molecule has 0 saturated carbocycles. The Morgan fingerprint density at radius 1 is 0.600 bits per heavy atom. The first-order valence-corrected chi connectivity index (χ1v) is 10.8. The lowest BCUT2D eigenvalue weighted by molar-refractivity contribution is -0.119. The number of aromatic nitrogens is 2. The number of aromatic amines is 2. The topological polar surface area (TPSA) is 65.7 Å². The molecule has 2 aromatic heterocycles. The van der Waals surface area contributed by atoms with Crippen LogP contribution >= 0.6 is 0 Å². The Balaban J connectivity index is 1.12. The van der Waals surface area contributed by atoms with E-state index in [1.165, 1.54) is 0 Å². The molecule has 0 spiro atoms. The van der Waals surface area contributed by atoms with Gasteiger partial charge in [0, 0.05) is 59.9 Å². The molecule has 4 heteroatoms. The van der Waals surface area contributed by atoms with Gasteiger partial charge in [0.1, 0.15) is 11.6 Å². The van der Waals surface area contributed by atoms with Crippen LogP contribution in [0.5, 0.6) is 0 Å². The molecule has 2 aromatic carbocycles. The van der Waals surface area contributed by atoms with Crippen LogP contribution in [0.25, 0.3) is 21.8 Å². The Labute approximate surface area is 176 Å². The van der Waals surface area contributed by atoms with Crippen LogP contribution in [0.2, 0.25) is 0 Å². The Bertz CT molecular complexity index is 1060. The molecule has 0 amide bonds. The third-order valence-electron chi connectivity index (χ3n) is 5.79. The molecule has 0 atom stereocenters. The molecule has 2 N–H and O–H groups in total. The molecule has 0 radical (unpaired) electrons. The maximum atomic E-state index is 12.3. The van der Waals surface area contributed by atoms with Gasteiger partial charge in [-0.25, -0.2) is 0 Å². The summed E-state index contributed by atoms with van der Waals surface area (Å²) >= 11 is 0. The van der Waals surface area contributed by atoms with Gasteiger partial charge in [-0.3, -0.25) is 9.59 Å². The number of ketones is 2. The van der Waals surface area contributed by atoms with Gasteiger partial charge in [-0.2, -0.15) is 0 Å². The molecule has 154 valence electrons. The van der Waals surface area contributed by atoms with E-state index in [0.717, 1.165) is 58.6 Å². The molecule has 4 rings (SSSR count). The minimum atomic E-state index is 0.287. The van der Waals surface area contributed by atoms with E-state index >= 15 is 0 Å². The zero-order valence-electron chi connectivity index (χ0n) is 17.2. The zero-order valence-corrected chi connectivity index (χ0v) is 17.2. The van der Waals surface area contributed by atoms with E-state index in [4.69, 9.17) is 0 Å². The smallest absolute Gasteiger partial charge is 0.137 e. The quantitative estimate of drug-likeness (QED) is 0.307. The Kier molecular flexibility index (Phi) is 6.43. The van der Waals surface area contributed by atoms with E-state index < -0.39 is 0 Å². The number of nitrogens with one attached hydrogen (secondary N) is 2. The van der Waals surface area contributed by atoms with Gasteiger partial charge >= 0.3 is 0 Å². The van der Waals surface area contributed by atoms with Crippen molar-refractivity contribution in [1.29, 1.82) is 0 Å². The predicted molar refractivity (Wildman–Crippen MR) is 122 cm³/mol. The SMILES string of the molecule is O=C(CCCCCCC(=O)Cc1c[nH]c2ccccc12)Cc1c[nH]c2ccccc12. The lowest BCUT2D eigenvalue weighted by atomic mass is 10.0. The number of H-pyrrole nitrogens is 2. The maximum absolute atomic E-state index is 12.3. The summed E-state index contributed by atoms with van der Waals surface area (Å²) in [5, 5.41) is 2.28. The molecule has 0 unspecified atom stereocenters. The fourth-order valence-electron chi connectivity index (χ4n) is 4.16. The molecule has 0 aliphatic rings. The average molecular weight is 401 g/mol. The lowest BCUT2D eigenvalue weighted by Crippen LogP contribution is -2.03. The fourth-order valence-corrected chi connectivity index (χ4v) is 4.16. The normalized spacial score (nSPS) is 11.3. The summed E-state index contributed by atoms with van der Waals surface area (Å²) < 4.78 is 0. The molecule has 30 heavy (non-hydrogen) atoms. The lowest BCUT2D eigenvalue weighted by Gasteiger charge is -2.03. The van der Waals surface area contributed by atoms with Gasteiger partial charge in [0.05, 0.1) is 0 Å². The van der Waals surface area contributed by atoms with Gasteiger partial charge in [-0.15, -0.1) is 0 Å². The van der Waals surface area contributed by atoms with Crippen molar-refractivity contribution in [3.05, 3.63) is 72.1 Å². The molecule has 0 aliphatic heterocycles. The molecule has 0 aliphatic carbocycles. The number of para-hydroxylation sites is 2. The monoisotopic (exact) mass is 400 g/mol. The second kappa shape index (κ2) is 9.57. The third kappa shape index (κ3) is 4.88. The number of benzene rings is 2. The van der Waals surface area contributed by atoms with Crippen LogP contribution in [-0.2, 0) is 22.4 Å². The highest BCUT2D eigenvalue weighted by atomic mass is 16.1. The summed E-state index contributed by atoms with van der Waals surface area (Å²) in [5.41, 5.74) is 4.33. The number of unbranched alkanes of at least 4 members (excludes halogenated alkanes) is 3. The number of hydrogen-bond acceptors (Lipinski definition) is 2. The van der Waals surface area contributed by atoms with Gasteiger partial charge in [-0.1, -0.05) is 49.2 Å². The van der Waals surface area contributed by atoms with E-state index in [9.17, 15) is 9.59 Å². The maximum Gasteiger partial charge on any atom is 0.137 e. The van der Waals surface area contributed by atoms with Gasteiger partial charge in [0.2, 0.25) is 0 Å². The van der Waals surface area contributed by atoms with Gasteiger partial charge < -0.3 is 9.97 Å². The molecular weight excluding hydrogens is 372 g/mol. The van der Waals surface area contributed by atoms with Crippen LogP contribution in [0.1, 0.15) is 49.7 Å². The summed E-state index contributed by atoms with van der Waals surface area (Å²) in [7, 11) is 0. The minimum Gasteiger partial charge on any atom is -0.361 e. The number of Topliss-reactive ketones (excluding diaryl/α,β-unsaturated/α-hetero) is 2. The second-order valence-electron chi connectivity index (χ2n) is 8.06. The molecular formula is C26H28N2O2. The van der Waals surface area contributed by atoms with Crippen molar-refractivity contribution in [3.63, 3.8) is 0 Å². The third-order valence-corrected chi connectivity index (χ3v) is 5.79.